The van der Waals surface area contributed by atoms with Crippen LogP contribution in [0.4, 0.5) is 0 Å². The van der Waals surface area contributed by atoms with Gasteiger partial charge in [0.15, 0.2) is 11.5 Å². The van der Waals surface area contributed by atoms with E-state index in [-0.39, 0.29) is 11.1 Å². The fraction of sp³-hybridized carbons (Fsp3) is 0.346. The second-order valence-electron chi connectivity index (χ2n) is 9.47. The molecule has 0 N–H and O–H groups in total. The first-order chi connectivity index (χ1) is 14.3. The molecule has 2 aliphatic rings. The van der Waals surface area contributed by atoms with E-state index in [4.69, 9.17) is 18.9 Å². The highest BCUT2D eigenvalue weighted by Gasteiger charge is 2.39. The molecule has 3 heterocycles. The van der Waals surface area contributed by atoms with Crippen LogP contribution in [-0.4, -0.2) is 24.0 Å². The zero-order valence-electron chi connectivity index (χ0n) is 18.2. The second-order valence-corrected chi connectivity index (χ2v) is 9.47. The predicted octanol–water partition coefficient (Wildman–Crippen LogP) is 5.84. The molecule has 2 aromatic carbocycles. The van der Waals surface area contributed by atoms with E-state index in [1.54, 1.807) is 13.4 Å². The van der Waals surface area contributed by atoms with Crippen LogP contribution in [0.1, 0.15) is 49.9 Å². The average Bonchev–Trinajstić information content (AvgIpc) is 3.33. The molecule has 5 rings (SSSR count). The summed E-state index contributed by atoms with van der Waals surface area (Å²) in [6.45, 7) is 8.62. The number of ether oxygens (including phenoxy) is 2. The molecule has 0 atom stereocenters. The first kappa shape index (κ1) is 19.0. The van der Waals surface area contributed by atoms with Crippen molar-refractivity contribution in [2.45, 2.75) is 51.7 Å². The minimum atomic E-state index is -0.265. The molecule has 0 bridgehead atoms. The Hall–Kier alpha value is -3.01. The lowest BCUT2D eigenvalue weighted by atomic mass is 9.80. The molecule has 0 spiro atoms. The van der Waals surface area contributed by atoms with E-state index < -0.39 is 0 Å². The molecule has 0 amide bonds. The summed E-state index contributed by atoms with van der Waals surface area (Å²) in [7, 11) is 1.71. The van der Waals surface area contributed by atoms with Gasteiger partial charge in [-0.25, -0.2) is 0 Å². The number of hydrogen-bond donors (Lipinski definition) is 0. The van der Waals surface area contributed by atoms with Gasteiger partial charge in [-0.15, -0.1) is 0 Å². The van der Waals surface area contributed by atoms with Gasteiger partial charge < -0.3 is 13.9 Å². The van der Waals surface area contributed by atoms with Crippen LogP contribution in [-0.2, 0) is 12.8 Å². The first-order valence-electron chi connectivity index (χ1n) is 10.4. The van der Waals surface area contributed by atoms with Gasteiger partial charge in [-0.3, -0.25) is 4.99 Å². The van der Waals surface area contributed by atoms with Crippen molar-refractivity contribution in [1.29, 1.82) is 0 Å². The number of rotatable bonds is 3. The van der Waals surface area contributed by atoms with Crippen LogP contribution in [0.2, 0.25) is 0 Å². The molecular weight excluding hydrogens is 374 g/mol. The maximum atomic E-state index is 6.31. The first-order valence-corrected chi connectivity index (χ1v) is 10.4. The SMILES string of the molecule is COc1cc2c(c3c1OC(C)(C)C3)C(c1cccc(-c3ccco3)c1)=NC(C)(C)C2. The molecule has 0 fully saturated rings. The Labute approximate surface area is 177 Å². The van der Waals surface area contributed by atoms with Crippen LogP contribution in [0.3, 0.4) is 0 Å². The molecule has 4 nitrogen and oxygen atoms in total. The fourth-order valence-corrected chi connectivity index (χ4v) is 4.69. The highest BCUT2D eigenvalue weighted by atomic mass is 16.5. The van der Waals surface area contributed by atoms with E-state index in [9.17, 15) is 0 Å². The van der Waals surface area contributed by atoms with Gasteiger partial charge in [-0.1, -0.05) is 18.2 Å². The summed E-state index contributed by atoms with van der Waals surface area (Å²) in [5.74, 6) is 2.53. The molecule has 154 valence electrons. The summed E-state index contributed by atoms with van der Waals surface area (Å²) in [5, 5.41) is 0. The van der Waals surface area contributed by atoms with Gasteiger partial charge >= 0.3 is 0 Å². The van der Waals surface area contributed by atoms with E-state index in [0.29, 0.717) is 0 Å². The van der Waals surface area contributed by atoms with E-state index >= 15 is 0 Å². The van der Waals surface area contributed by atoms with Crippen molar-refractivity contribution in [3.05, 3.63) is 71.0 Å². The summed E-state index contributed by atoms with van der Waals surface area (Å²) in [6.07, 6.45) is 3.41. The zero-order chi connectivity index (χ0) is 21.1. The molecule has 0 saturated heterocycles. The Bertz CT molecular complexity index is 1150. The second kappa shape index (κ2) is 6.49. The van der Waals surface area contributed by atoms with E-state index in [1.807, 2.05) is 12.1 Å². The smallest absolute Gasteiger partial charge is 0.166 e. The normalized spacial score (nSPS) is 18.2. The number of furan rings is 1. The van der Waals surface area contributed by atoms with E-state index in [0.717, 1.165) is 46.9 Å². The lowest BCUT2D eigenvalue weighted by Crippen LogP contribution is -2.30. The minimum Gasteiger partial charge on any atom is -0.493 e. The molecule has 0 radical (unpaired) electrons. The maximum Gasteiger partial charge on any atom is 0.166 e. The summed E-state index contributed by atoms with van der Waals surface area (Å²) < 4.78 is 17.7. The summed E-state index contributed by atoms with van der Waals surface area (Å²) in [4.78, 5) is 5.22. The number of benzene rings is 2. The van der Waals surface area contributed by atoms with Gasteiger partial charge in [-0.05, 0) is 63.9 Å². The molecule has 2 aliphatic heterocycles. The fourth-order valence-electron chi connectivity index (χ4n) is 4.69. The lowest BCUT2D eigenvalue weighted by molar-refractivity contribution is 0.134. The van der Waals surface area contributed by atoms with Crippen LogP contribution in [0.5, 0.6) is 11.5 Å². The van der Waals surface area contributed by atoms with E-state index in [1.165, 1.54) is 16.7 Å². The number of hydrogen-bond acceptors (Lipinski definition) is 4. The van der Waals surface area contributed by atoms with Crippen molar-refractivity contribution in [3.8, 4) is 22.8 Å². The van der Waals surface area contributed by atoms with Gasteiger partial charge in [0.25, 0.3) is 0 Å². The largest absolute Gasteiger partial charge is 0.493 e. The molecule has 3 aromatic rings. The van der Waals surface area contributed by atoms with Crippen molar-refractivity contribution in [3.63, 3.8) is 0 Å². The third-order valence-electron chi connectivity index (χ3n) is 5.84. The standard InChI is InChI=1S/C26H27NO3/c1-25(2)14-18-13-21(28-5)24-19(15-26(3,4)30-24)22(18)23(27-25)17-9-6-8-16(12-17)20-10-7-11-29-20/h6-13H,14-15H2,1-5H3. The average molecular weight is 402 g/mol. The van der Waals surface area contributed by atoms with Crippen molar-refractivity contribution in [2.75, 3.05) is 7.11 Å². The van der Waals surface area contributed by atoms with Crippen molar-refractivity contribution in [1.82, 2.24) is 0 Å². The van der Waals surface area contributed by atoms with Crippen LogP contribution < -0.4 is 9.47 Å². The topological polar surface area (TPSA) is 44.0 Å². The van der Waals surface area contributed by atoms with Crippen LogP contribution in [0, 0.1) is 0 Å². The minimum absolute atomic E-state index is 0.197. The Balaban J connectivity index is 1.73. The Kier molecular flexibility index (Phi) is 4.11. The lowest BCUT2D eigenvalue weighted by Gasteiger charge is -2.31. The number of aliphatic imine (C=N–C) groups is 1. The Morgan fingerprint density at radius 2 is 1.77 bits per heavy atom. The van der Waals surface area contributed by atoms with Crippen molar-refractivity contribution >= 4 is 5.71 Å². The van der Waals surface area contributed by atoms with Gasteiger partial charge in [0.1, 0.15) is 11.4 Å². The number of nitrogens with zero attached hydrogens (tertiary/aromatic N) is 1. The van der Waals surface area contributed by atoms with Gasteiger partial charge in [0.05, 0.1) is 24.6 Å². The monoisotopic (exact) mass is 401 g/mol. The summed E-state index contributed by atoms with van der Waals surface area (Å²) in [5.41, 5.74) is 6.37. The van der Waals surface area contributed by atoms with Crippen LogP contribution in [0.25, 0.3) is 11.3 Å². The van der Waals surface area contributed by atoms with Crippen molar-refractivity contribution < 1.29 is 13.9 Å². The third-order valence-corrected chi connectivity index (χ3v) is 5.84. The maximum absolute atomic E-state index is 6.31. The quantitative estimate of drug-likeness (QED) is 0.554. The van der Waals surface area contributed by atoms with Crippen molar-refractivity contribution in [2.24, 2.45) is 4.99 Å². The van der Waals surface area contributed by atoms with Gasteiger partial charge in [0.2, 0.25) is 0 Å². The molecule has 1 aromatic heterocycles. The molecule has 4 heteroatoms. The Morgan fingerprint density at radius 3 is 2.50 bits per heavy atom. The highest BCUT2D eigenvalue weighted by Crippen LogP contribution is 2.47. The van der Waals surface area contributed by atoms with Gasteiger partial charge in [0, 0.05) is 28.7 Å². The van der Waals surface area contributed by atoms with Crippen LogP contribution in [0.15, 0.2) is 58.1 Å². The molecule has 0 aliphatic carbocycles. The number of fused-ring (bicyclic) bond motifs is 3. The van der Waals surface area contributed by atoms with Crippen LogP contribution >= 0.6 is 0 Å². The molecular formula is C26H27NO3. The van der Waals surface area contributed by atoms with E-state index in [2.05, 4.69) is 58.0 Å². The molecule has 0 unspecified atom stereocenters. The Morgan fingerprint density at radius 1 is 0.967 bits per heavy atom. The molecule has 30 heavy (non-hydrogen) atoms. The zero-order valence-corrected chi connectivity index (χ0v) is 18.2. The molecule has 0 saturated carbocycles. The summed E-state index contributed by atoms with van der Waals surface area (Å²) >= 11 is 0. The highest BCUT2D eigenvalue weighted by molar-refractivity contribution is 6.16. The summed E-state index contributed by atoms with van der Waals surface area (Å²) in [6, 6.07) is 14.5. The number of methoxy groups -OCH3 is 1. The van der Waals surface area contributed by atoms with Gasteiger partial charge in [-0.2, -0.15) is 0 Å². The predicted molar refractivity (Wildman–Crippen MR) is 119 cm³/mol. The third kappa shape index (κ3) is 3.11.